The van der Waals surface area contributed by atoms with E-state index in [0.717, 1.165) is 0 Å². The first-order chi connectivity index (χ1) is 2.00. The van der Waals surface area contributed by atoms with Gasteiger partial charge >= 0.3 is 124 Å². The fourth-order valence-corrected chi connectivity index (χ4v) is 0. The third-order valence-electron chi connectivity index (χ3n) is 0. The van der Waals surface area contributed by atoms with Crippen molar-refractivity contribution in [2.75, 3.05) is 0 Å². The Hall–Kier alpha value is 4.18. The third-order valence-corrected chi connectivity index (χ3v) is 0. The van der Waals surface area contributed by atoms with Crippen molar-refractivity contribution in [3.05, 3.63) is 0 Å². The van der Waals surface area contributed by atoms with E-state index >= 15 is 0 Å². The van der Waals surface area contributed by atoms with E-state index in [0.29, 0.717) is 0 Å². The van der Waals surface area contributed by atoms with Crippen LogP contribution in [0.4, 0.5) is 0 Å². The molecular weight excluding hydrogens is 243 g/mol. The second-order valence-corrected chi connectivity index (χ2v) is 1.34. The normalized spacial score (nSPS) is 6.44. The molecule has 4 nitrogen and oxygen atoms in total. The van der Waals surface area contributed by atoms with E-state index in [1.165, 1.54) is 0 Å². The van der Waals surface area contributed by atoms with Gasteiger partial charge < -0.3 is 8.56 Å². The van der Waals surface area contributed by atoms with Crippen molar-refractivity contribution in [1.29, 1.82) is 0 Å². The minimum absolute atomic E-state index is 0. The van der Waals surface area contributed by atoms with Gasteiger partial charge in [-0.1, -0.05) is 0 Å². The van der Waals surface area contributed by atoms with Gasteiger partial charge in [0.2, 0.25) is 0 Å². The molecule has 0 aromatic rings. The number of rotatable bonds is 0. The zero-order valence-corrected chi connectivity index (χ0v) is 11.7. The Labute approximate surface area is 163 Å². The summed E-state index contributed by atoms with van der Waals surface area (Å²) in [5.74, 6) is 0. The topological polar surface area (TPSA) is 74.6 Å². The summed E-state index contributed by atoms with van der Waals surface area (Å²) >= 11 is 0. The molecule has 0 aliphatic rings. The van der Waals surface area contributed by atoms with Crippen LogP contribution in [0, 0.1) is 0 Å². The van der Waals surface area contributed by atoms with E-state index in [9.17, 15) is 0 Å². The average Bonchev–Trinajstić information content (AvgIpc) is 0.722. The minimum Gasteiger partial charge on any atom is -1.00 e. The van der Waals surface area contributed by atoms with Gasteiger partial charge in [0.05, 0.1) is 0 Å². The zero-order valence-electron chi connectivity index (χ0n) is 10.2. The van der Waals surface area contributed by atoms with E-state index in [1.54, 1.807) is 0 Å². The van der Waals surface area contributed by atoms with Crippen LogP contribution in [0.15, 0.2) is 0 Å². The molecule has 0 rings (SSSR count). The predicted molar refractivity (Wildman–Crippen MR) is 48.1 cm³/mol. The number of hydrogen-bond acceptors (Lipinski definition) is 2. The van der Waals surface area contributed by atoms with Crippen molar-refractivity contribution in [2.45, 2.75) is 0 Å². The Balaban J connectivity index is -0.00000000178. The van der Waals surface area contributed by atoms with Gasteiger partial charge in [0.25, 0.3) is 0 Å². The SMILES string of the molecule is O=S(=O)(O)O.[AlH3].[Ca+2].[Ca+2].[Ca+2].[H-].[H-].[H-].[H-].[H-].[H-]. The molecule has 0 unspecified atom stereocenters. The quantitative estimate of drug-likeness (QED) is 0.376. The summed E-state index contributed by atoms with van der Waals surface area (Å²) in [4.78, 5) is 0. The molecule has 0 bridgehead atoms. The molecule has 0 saturated carbocycles. The summed E-state index contributed by atoms with van der Waals surface area (Å²) in [6, 6.07) is 0. The molecule has 0 aromatic carbocycles. The van der Waals surface area contributed by atoms with Crippen LogP contribution in [0.5, 0.6) is 0 Å². The molecule has 2 N–H and O–H groups in total. The maximum Gasteiger partial charge on any atom is 2.00 e. The van der Waals surface area contributed by atoms with Crippen LogP contribution in [0.3, 0.4) is 0 Å². The molecule has 0 spiro atoms. The Kier molecular flexibility index (Phi) is 47.7. The van der Waals surface area contributed by atoms with Crippen LogP contribution in [0.25, 0.3) is 0 Å². The molecule has 9 heteroatoms. The van der Waals surface area contributed by atoms with Crippen LogP contribution >= 0.6 is 0 Å². The Morgan fingerprint density at radius 2 is 1.00 bits per heavy atom. The molecule has 50 valence electrons. The van der Waals surface area contributed by atoms with Crippen LogP contribution in [0.2, 0.25) is 0 Å². The van der Waals surface area contributed by atoms with Gasteiger partial charge in [-0.25, -0.2) is 0 Å². The van der Waals surface area contributed by atoms with Crippen molar-refractivity contribution in [2.24, 2.45) is 0 Å². The van der Waals surface area contributed by atoms with E-state index < -0.39 is 10.4 Å². The van der Waals surface area contributed by atoms with Crippen LogP contribution < -0.4 is 0 Å². The van der Waals surface area contributed by atoms with E-state index in [2.05, 4.69) is 0 Å². The summed E-state index contributed by atoms with van der Waals surface area (Å²) in [6.45, 7) is 0. The van der Waals surface area contributed by atoms with Crippen LogP contribution in [-0.2, 0) is 10.4 Å². The van der Waals surface area contributed by atoms with Crippen molar-refractivity contribution < 1.29 is 26.1 Å². The van der Waals surface area contributed by atoms with Gasteiger partial charge in [0.15, 0.2) is 17.4 Å². The Morgan fingerprint density at radius 1 is 1.00 bits per heavy atom. The predicted octanol–water partition coefficient (Wildman–Crippen LogP) is -2.30. The molecule has 9 heavy (non-hydrogen) atoms. The molecular formula is H11AlCa3O4S. The average molecular weight is 254 g/mol. The molecule has 0 fully saturated rings. The molecule has 0 aliphatic carbocycles. The van der Waals surface area contributed by atoms with E-state index in [4.69, 9.17) is 17.5 Å². The van der Waals surface area contributed by atoms with E-state index in [-0.39, 0.29) is 139 Å². The summed E-state index contributed by atoms with van der Waals surface area (Å²) in [5, 5.41) is 0. The maximum absolute atomic E-state index is 8.74. The third kappa shape index (κ3) is 72.2. The Bertz CT molecular complexity index is 114. The minimum atomic E-state index is -4.67. The zero-order chi connectivity index (χ0) is 4.50. The van der Waals surface area contributed by atoms with Gasteiger partial charge in [-0.2, -0.15) is 8.42 Å². The van der Waals surface area contributed by atoms with Crippen LogP contribution in [0.1, 0.15) is 8.56 Å². The fraction of sp³-hybridized carbons (Fsp3) is 0. The molecule has 0 amide bonds. The van der Waals surface area contributed by atoms with Gasteiger partial charge in [0.1, 0.15) is 0 Å². The summed E-state index contributed by atoms with van der Waals surface area (Å²) in [7, 11) is -4.67. The second-order valence-electron chi connectivity index (χ2n) is 0.448. The van der Waals surface area contributed by atoms with Gasteiger partial charge in [-0.05, 0) is 0 Å². The standard InChI is InChI=1S/Al.3Ca.H2O4S.9H/c;;;;1-5(2,3)4;;;;;;;;;/h;;;;(H2,1,2,3,4);;;;;;;;;/q;3*+2;;;;;6*-1. The fourth-order valence-electron chi connectivity index (χ4n) is 0. The molecule has 0 saturated heterocycles. The van der Waals surface area contributed by atoms with Crippen LogP contribution in [-0.4, -0.2) is 148 Å². The molecule has 0 heterocycles. The first-order valence-corrected chi connectivity index (χ1v) is 2.10. The Morgan fingerprint density at radius 3 is 1.00 bits per heavy atom. The molecule has 0 radical (unpaired) electrons. The summed E-state index contributed by atoms with van der Waals surface area (Å²) < 4.78 is 31.6. The van der Waals surface area contributed by atoms with Gasteiger partial charge in [0, 0.05) is 0 Å². The van der Waals surface area contributed by atoms with Crippen molar-refractivity contribution >= 4 is 141 Å². The molecule has 0 aromatic heterocycles. The van der Waals surface area contributed by atoms with Gasteiger partial charge in [-0.3, -0.25) is 9.11 Å². The first-order valence-electron chi connectivity index (χ1n) is 0.698. The maximum atomic E-state index is 8.74. The molecule has 0 atom stereocenters. The molecule has 0 aliphatic heterocycles. The van der Waals surface area contributed by atoms with Crippen molar-refractivity contribution in [3.8, 4) is 0 Å². The van der Waals surface area contributed by atoms with E-state index in [1.807, 2.05) is 0 Å². The number of hydrogen-bond donors (Lipinski definition) is 2. The second kappa shape index (κ2) is 14.7. The monoisotopic (exact) mass is 254 g/mol. The summed E-state index contributed by atoms with van der Waals surface area (Å²) in [5.41, 5.74) is 0. The largest absolute Gasteiger partial charge is 2.00 e. The summed E-state index contributed by atoms with van der Waals surface area (Å²) in [6.07, 6.45) is 0. The van der Waals surface area contributed by atoms with Gasteiger partial charge in [-0.15, -0.1) is 0 Å². The smallest absolute Gasteiger partial charge is 1.00 e. The van der Waals surface area contributed by atoms with Crippen molar-refractivity contribution in [3.63, 3.8) is 0 Å². The van der Waals surface area contributed by atoms with Crippen molar-refractivity contribution in [1.82, 2.24) is 0 Å². The first kappa shape index (κ1) is 29.2.